The molecule has 4 nitrogen and oxygen atoms in total. The van der Waals surface area contributed by atoms with Gasteiger partial charge in [-0.25, -0.2) is 0 Å². The van der Waals surface area contributed by atoms with Crippen molar-refractivity contribution in [3.05, 3.63) is 40.7 Å². The molecule has 0 aliphatic carbocycles. The zero-order chi connectivity index (χ0) is 12.4. The average molecular weight is 251 g/mol. The Morgan fingerprint density at radius 1 is 1.35 bits per heavy atom. The van der Waals surface area contributed by atoms with Crippen molar-refractivity contribution in [2.75, 3.05) is 0 Å². The fraction of sp³-hybridized carbons (Fsp3) is 0.417. The molecule has 0 amide bonds. The molecule has 2 aromatic rings. The Balaban J connectivity index is 2.36. The number of halogens is 1. The van der Waals surface area contributed by atoms with Crippen molar-refractivity contribution in [1.29, 1.82) is 0 Å². The molecule has 17 heavy (non-hydrogen) atoms. The standard InChI is InChI=1S/C12H15ClN4/c1-8(2)11-15-16-12(13)17(11)7-10-4-5-14-6-9(10)3/h4-6,8H,7H2,1-3H3. The lowest BCUT2D eigenvalue weighted by atomic mass is 10.1. The van der Waals surface area contributed by atoms with E-state index >= 15 is 0 Å². The minimum absolute atomic E-state index is 0.303. The van der Waals surface area contributed by atoms with Crippen molar-refractivity contribution in [3.8, 4) is 0 Å². The van der Waals surface area contributed by atoms with E-state index in [1.165, 1.54) is 5.56 Å². The molecule has 2 aromatic heterocycles. The van der Waals surface area contributed by atoms with Gasteiger partial charge in [0.05, 0.1) is 6.54 Å². The van der Waals surface area contributed by atoms with Crippen LogP contribution in [0.25, 0.3) is 0 Å². The van der Waals surface area contributed by atoms with Crippen molar-refractivity contribution < 1.29 is 0 Å². The van der Waals surface area contributed by atoms with Crippen LogP contribution in [0.3, 0.4) is 0 Å². The molecule has 0 fully saturated rings. The number of hydrogen-bond acceptors (Lipinski definition) is 3. The summed E-state index contributed by atoms with van der Waals surface area (Å²) in [5.74, 6) is 1.21. The third kappa shape index (κ3) is 2.47. The topological polar surface area (TPSA) is 43.6 Å². The molecular formula is C12H15ClN4. The predicted molar refractivity (Wildman–Crippen MR) is 67.2 cm³/mol. The van der Waals surface area contributed by atoms with E-state index in [1.807, 2.05) is 23.8 Å². The third-order valence-electron chi connectivity index (χ3n) is 2.72. The second-order valence-electron chi connectivity index (χ2n) is 4.37. The maximum atomic E-state index is 6.06. The predicted octanol–water partition coefficient (Wildman–Crippen LogP) is 2.81. The van der Waals surface area contributed by atoms with Crippen molar-refractivity contribution in [2.24, 2.45) is 0 Å². The summed E-state index contributed by atoms with van der Waals surface area (Å²) >= 11 is 6.06. The van der Waals surface area contributed by atoms with Crippen LogP contribution in [0.1, 0.15) is 36.7 Å². The molecule has 0 spiro atoms. The Kier molecular flexibility index (Phi) is 3.43. The summed E-state index contributed by atoms with van der Waals surface area (Å²) in [5, 5.41) is 8.47. The summed E-state index contributed by atoms with van der Waals surface area (Å²) in [6.07, 6.45) is 3.64. The molecule has 2 heterocycles. The molecule has 2 rings (SSSR count). The molecule has 0 radical (unpaired) electrons. The van der Waals surface area contributed by atoms with Crippen molar-refractivity contribution in [2.45, 2.75) is 33.2 Å². The van der Waals surface area contributed by atoms with Gasteiger partial charge >= 0.3 is 0 Å². The zero-order valence-electron chi connectivity index (χ0n) is 10.2. The van der Waals surface area contributed by atoms with Crippen LogP contribution in [-0.4, -0.2) is 19.7 Å². The van der Waals surface area contributed by atoms with Crippen LogP contribution in [-0.2, 0) is 6.54 Å². The molecule has 5 heteroatoms. The minimum atomic E-state index is 0.303. The van der Waals surface area contributed by atoms with E-state index in [4.69, 9.17) is 11.6 Å². The van der Waals surface area contributed by atoms with E-state index in [2.05, 4.69) is 29.0 Å². The highest BCUT2D eigenvalue weighted by molar-refractivity contribution is 6.28. The van der Waals surface area contributed by atoms with Gasteiger partial charge in [0.1, 0.15) is 5.82 Å². The third-order valence-corrected chi connectivity index (χ3v) is 3.00. The lowest BCUT2D eigenvalue weighted by Crippen LogP contribution is -2.08. The van der Waals surface area contributed by atoms with E-state index < -0.39 is 0 Å². The summed E-state index contributed by atoms with van der Waals surface area (Å²) < 4.78 is 1.94. The number of pyridine rings is 1. The molecule has 0 N–H and O–H groups in total. The monoisotopic (exact) mass is 250 g/mol. The van der Waals surface area contributed by atoms with Gasteiger partial charge in [0.15, 0.2) is 0 Å². The summed E-state index contributed by atoms with van der Waals surface area (Å²) in [4.78, 5) is 4.08. The van der Waals surface area contributed by atoms with Crippen LogP contribution >= 0.6 is 11.6 Å². The van der Waals surface area contributed by atoms with Crippen LogP contribution < -0.4 is 0 Å². The Bertz CT molecular complexity index is 519. The highest BCUT2D eigenvalue weighted by atomic mass is 35.5. The van der Waals surface area contributed by atoms with Crippen LogP contribution in [0, 0.1) is 6.92 Å². The minimum Gasteiger partial charge on any atom is -0.297 e. The lowest BCUT2D eigenvalue weighted by molar-refractivity contribution is 0.667. The summed E-state index contributed by atoms with van der Waals surface area (Å²) in [6, 6.07) is 2.00. The van der Waals surface area contributed by atoms with E-state index in [0.717, 1.165) is 11.4 Å². The molecule has 0 aliphatic rings. The van der Waals surface area contributed by atoms with Crippen molar-refractivity contribution >= 4 is 11.6 Å². The second-order valence-corrected chi connectivity index (χ2v) is 4.71. The average Bonchev–Trinajstić information content (AvgIpc) is 2.64. The number of nitrogens with zero attached hydrogens (tertiary/aromatic N) is 4. The molecular weight excluding hydrogens is 236 g/mol. The van der Waals surface area contributed by atoms with E-state index in [-0.39, 0.29) is 0 Å². The highest BCUT2D eigenvalue weighted by Gasteiger charge is 2.14. The van der Waals surface area contributed by atoms with E-state index in [1.54, 1.807) is 6.20 Å². The van der Waals surface area contributed by atoms with Crippen molar-refractivity contribution in [1.82, 2.24) is 19.7 Å². The molecule has 0 saturated heterocycles. The van der Waals surface area contributed by atoms with Crippen LogP contribution in [0.2, 0.25) is 5.28 Å². The first kappa shape index (κ1) is 12.0. The fourth-order valence-corrected chi connectivity index (χ4v) is 1.90. The Hall–Kier alpha value is -1.42. The van der Waals surface area contributed by atoms with Gasteiger partial charge in [-0.15, -0.1) is 10.2 Å². The maximum absolute atomic E-state index is 6.06. The summed E-state index contributed by atoms with van der Waals surface area (Å²) in [5.41, 5.74) is 2.33. The van der Waals surface area contributed by atoms with Crippen LogP contribution in [0.4, 0.5) is 0 Å². The Morgan fingerprint density at radius 2 is 2.12 bits per heavy atom. The van der Waals surface area contributed by atoms with E-state index in [9.17, 15) is 0 Å². The first-order valence-corrected chi connectivity index (χ1v) is 5.95. The first-order valence-electron chi connectivity index (χ1n) is 5.57. The molecule has 0 saturated carbocycles. The van der Waals surface area contributed by atoms with Gasteiger partial charge in [0, 0.05) is 18.3 Å². The zero-order valence-corrected chi connectivity index (χ0v) is 10.9. The molecule has 0 aromatic carbocycles. The van der Waals surface area contributed by atoms with Gasteiger partial charge in [-0.05, 0) is 35.7 Å². The quantitative estimate of drug-likeness (QED) is 0.841. The highest BCUT2D eigenvalue weighted by Crippen LogP contribution is 2.19. The number of rotatable bonds is 3. The van der Waals surface area contributed by atoms with Gasteiger partial charge in [0.2, 0.25) is 5.28 Å². The lowest BCUT2D eigenvalue weighted by Gasteiger charge is -2.11. The van der Waals surface area contributed by atoms with E-state index in [0.29, 0.717) is 17.7 Å². The smallest absolute Gasteiger partial charge is 0.225 e. The largest absolute Gasteiger partial charge is 0.297 e. The van der Waals surface area contributed by atoms with Gasteiger partial charge in [-0.2, -0.15) is 0 Å². The second kappa shape index (κ2) is 4.84. The van der Waals surface area contributed by atoms with Gasteiger partial charge < -0.3 is 0 Å². The molecule has 0 bridgehead atoms. The normalized spacial score (nSPS) is 11.1. The van der Waals surface area contributed by atoms with Gasteiger partial charge in [0.25, 0.3) is 0 Å². The first-order chi connectivity index (χ1) is 8.09. The molecule has 90 valence electrons. The Labute approximate surface area is 106 Å². The van der Waals surface area contributed by atoms with Gasteiger partial charge in [-0.3, -0.25) is 9.55 Å². The molecule has 0 unspecified atom stereocenters. The SMILES string of the molecule is Cc1cnccc1Cn1c(Cl)nnc1C(C)C. The molecule has 0 aliphatic heterocycles. The summed E-state index contributed by atoms with van der Waals surface area (Å²) in [7, 11) is 0. The fourth-order valence-electron chi connectivity index (χ4n) is 1.72. The molecule has 0 atom stereocenters. The number of aromatic nitrogens is 4. The number of hydrogen-bond donors (Lipinski definition) is 0. The maximum Gasteiger partial charge on any atom is 0.225 e. The van der Waals surface area contributed by atoms with Crippen LogP contribution in [0.5, 0.6) is 0 Å². The van der Waals surface area contributed by atoms with Crippen molar-refractivity contribution in [3.63, 3.8) is 0 Å². The Morgan fingerprint density at radius 3 is 2.76 bits per heavy atom. The van der Waals surface area contributed by atoms with Crippen LogP contribution in [0.15, 0.2) is 18.5 Å². The van der Waals surface area contributed by atoms with Gasteiger partial charge in [-0.1, -0.05) is 13.8 Å². The number of aryl methyl sites for hydroxylation is 1. The summed E-state index contributed by atoms with van der Waals surface area (Å²) in [6.45, 7) is 6.88.